The third-order valence-electron chi connectivity index (χ3n) is 2.70. The number of nitro benzene ring substituents is 1. The van der Waals surface area contributed by atoms with Crippen LogP contribution in [0.4, 0.5) is 11.4 Å². The van der Waals surface area contributed by atoms with Crippen molar-refractivity contribution in [2.24, 2.45) is 5.73 Å². The highest BCUT2D eigenvalue weighted by Crippen LogP contribution is 2.29. The molecule has 18 heavy (non-hydrogen) atoms. The molecule has 96 valence electrons. The number of carbonyl (C=O) groups is 2. The second-order valence-electron chi connectivity index (χ2n) is 3.81. The maximum Gasteiger partial charge on any atom is 0.293 e. The lowest BCUT2D eigenvalue weighted by atomic mass is 10.1. The molecule has 1 unspecified atom stereocenters. The summed E-state index contributed by atoms with van der Waals surface area (Å²) < 4.78 is 0. The highest BCUT2D eigenvalue weighted by molar-refractivity contribution is 5.85. The lowest BCUT2D eigenvalue weighted by molar-refractivity contribution is -0.384. The first-order valence-corrected chi connectivity index (χ1v) is 5.14. The standard InChI is InChI=1S/C11H13N3O4/c1-7(11(12)16)13(2)9-4-3-8(6-15)5-10(9)14(17)18/h3-7H,1-2H3,(H2,12,16). The first-order valence-electron chi connectivity index (χ1n) is 5.14. The number of nitrogens with zero attached hydrogens (tertiary/aromatic N) is 2. The van der Waals surface area contributed by atoms with E-state index in [2.05, 4.69) is 0 Å². The number of amides is 1. The van der Waals surface area contributed by atoms with E-state index in [0.717, 1.165) is 6.07 Å². The number of carbonyl (C=O) groups excluding carboxylic acids is 2. The second kappa shape index (κ2) is 5.26. The molecule has 0 fully saturated rings. The van der Waals surface area contributed by atoms with Gasteiger partial charge in [-0.15, -0.1) is 0 Å². The molecule has 0 aromatic heterocycles. The van der Waals surface area contributed by atoms with E-state index in [4.69, 9.17) is 5.73 Å². The Morgan fingerprint density at radius 1 is 1.56 bits per heavy atom. The molecular formula is C11H13N3O4. The fourth-order valence-corrected chi connectivity index (χ4v) is 1.46. The molecule has 0 aliphatic heterocycles. The molecule has 0 saturated carbocycles. The van der Waals surface area contributed by atoms with E-state index < -0.39 is 16.9 Å². The van der Waals surface area contributed by atoms with E-state index in [1.807, 2.05) is 0 Å². The molecule has 0 aliphatic rings. The molecule has 0 bridgehead atoms. The first-order chi connectivity index (χ1) is 8.38. The van der Waals surface area contributed by atoms with Gasteiger partial charge >= 0.3 is 0 Å². The van der Waals surface area contributed by atoms with Gasteiger partial charge in [0.25, 0.3) is 5.69 Å². The third-order valence-corrected chi connectivity index (χ3v) is 2.70. The average Bonchev–Trinajstić information content (AvgIpc) is 2.35. The van der Waals surface area contributed by atoms with E-state index in [9.17, 15) is 19.7 Å². The van der Waals surface area contributed by atoms with Crippen LogP contribution in [0.15, 0.2) is 18.2 Å². The summed E-state index contributed by atoms with van der Waals surface area (Å²) in [6, 6.07) is 3.33. The van der Waals surface area contributed by atoms with E-state index in [-0.39, 0.29) is 16.9 Å². The fraction of sp³-hybridized carbons (Fsp3) is 0.273. The first kappa shape index (κ1) is 13.6. The highest BCUT2D eigenvalue weighted by Gasteiger charge is 2.23. The predicted octanol–water partition coefficient (Wildman–Crippen LogP) is 0.717. The molecule has 1 aromatic carbocycles. The third kappa shape index (κ3) is 2.62. The highest BCUT2D eigenvalue weighted by atomic mass is 16.6. The molecule has 0 heterocycles. The summed E-state index contributed by atoms with van der Waals surface area (Å²) in [5.41, 5.74) is 5.34. The van der Waals surface area contributed by atoms with Crippen molar-refractivity contribution >= 4 is 23.6 Å². The Bertz CT molecular complexity index is 501. The summed E-state index contributed by atoms with van der Waals surface area (Å²) in [7, 11) is 1.53. The van der Waals surface area contributed by atoms with Crippen molar-refractivity contribution in [2.75, 3.05) is 11.9 Å². The van der Waals surface area contributed by atoms with Crippen LogP contribution in [-0.2, 0) is 4.79 Å². The van der Waals surface area contributed by atoms with Crippen LogP contribution in [0.2, 0.25) is 0 Å². The molecule has 1 amide bonds. The molecule has 1 aromatic rings. The minimum atomic E-state index is -0.689. The number of likely N-dealkylation sites (N-methyl/N-ethyl adjacent to an activating group) is 1. The molecule has 1 atom stereocenters. The number of anilines is 1. The summed E-state index contributed by atoms with van der Waals surface area (Å²) >= 11 is 0. The van der Waals surface area contributed by atoms with Crippen LogP contribution in [-0.4, -0.2) is 30.2 Å². The van der Waals surface area contributed by atoms with Gasteiger partial charge in [0, 0.05) is 18.7 Å². The summed E-state index contributed by atoms with van der Waals surface area (Å²) in [5, 5.41) is 10.9. The van der Waals surface area contributed by atoms with Crippen LogP contribution in [0.3, 0.4) is 0 Å². The monoisotopic (exact) mass is 251 g/mol. The van der Waals surface area contributed by atoms with Crippen LogP contribution in [0, 0.1) is 10.1 Å². The van der Waals surface area contributed by atoms with Gasteiger partial charge in [-0.05, 0) is 19.1 Å². The van der Waals surface area contributed by atoms with Gasteiger partial charge < -0.3 is 10.6 Å². The Morgan fingerprint density at radius 2 is 2.17 bits per heavy atom. The van der Waals surface area contributed by atoms with Gasteiger partial charge in [-0.1, -0.05) is 0 Å². The van der Waals surface area contributed by atoms with Crippen molar-refractivity contribution < 1.29 is 14.5 Å². The molecule has 7 heteroatoms. The number of aldehydes is 1. The van der Waals surface area contributed by atoms with Crippen molar-refractivity contribution in [3.8, 4) is 0 Å². The normalized spacial score (nSPS) is 11.7. The van der Waals surface area contributed by atoms with Gasteiger partial charge in [0.1, 0.15) is 18.0 Å². The minimum absolute atomic E-state index is 0.200. The smallest absolute Gasteiger partial charge is 0.293 e. The number of nitro groups is 1. The van der Waals surface area contributed by atoms with Crippen molar-refractivity contribution in [1.82, 2.24) is 0 Å². The second-order valence-corrected chi connectivity index (χ2v) is 3.81. The lowest BCUT2D eigenvalue weighted by Gasteiger charge is -2.24. The van der Waals surface area contributed by atoms with Gasteiger partial charge in [0.05, 0.1) is 4.92 Å². The zero-order valence-electron chi connectivity index (χ0n) is 9.99. The maximum absolute atomic E-state index is 11.1. The number of rotatable bonds is 5. The SMILES string of the molecule is CC(C(N)=O)N(C)c1ccc(C=O)cc1[N+](=O)[O-]. The zero-order valence-corrected chi connectivity index (χ0v) is 9.99. The number of benzene rings is 1. The van der Waals surface area contributed by atoms with Gasteiger partial charge in [0.15, 0.2) is 0 Å². The summed E-state index contributed by atoms with van der Waals surface area (Å²) in [6.45, 7) is 1.54. The Balaban J connectivity index is 3.27. The zero-order chi connectivity index (χ0) is 13.9. The van der Waals surface area contributed by atoms with Crippen LogP contribution in [0.1, 0.15) is 17.3 Å². The average molecular weight is 251 g/mol. The minimum Gasteiger partial charge on any atom is -0.368 e. The number of hydrogen-bond acceptors (Lipinski definition) is 5. The quantitative estimate of drug-likeness (QED) is 0.471. The van der Waals surface area contributed by atoms with Crippen molar-refractivity contribution in [1.29, 1.82) is 0 Å². The van der Waals surface area contributed by atoms with E-state index in [1.165, 1.54) is 24.1 Å². The van der Waals surface area contributed by atoms with Gasteiger partial charge in [0.2, 0.25) is 5.91 Å². The Kier molecular flexibility index (Phi) is 3.98. The van der Waals surface area contributed by atoms with E-state index >= 15 is 0 Å². The molecule has 2 N–H and O–H groups in total. The van der Waals surface area contributed by atoms with Crippen LogP contribution in [0.5, 0.6) is 0 Å². The topological polar surface area (TPSA) is 107 Å². The van der Waals surface area contributed by atoms with Crippen LogP contribution < -0.4 is 10.6 Å². The molecule has 0 spiro atoms. The summed E-state index contributed by atoms with van der Waals surface area (Å²) in [6.07, 6.45) is 0.522. The van der Waals surface area contributed by atoms with Crippen molar-refractivity contribution in [2.45, 2.75) is 13.0 Å². The van der Waals surface area contributed by atoms with E-state index in [1.54, 1.807) is 6.92 Å². The Hall–Kier alpha value is -2.44. The Morgan fingerprint density at radius 3 is 2.61 bits per heavy atom. The van der Waals surface area contributed by atoms with Crippen LogP contribution in [0.25, 0.3) is 0 Å². The van der Waals surface area contributed by atoms with Gasteiger partial charge in [-0.3, -0.25) is 19.7 Å². The van der Waals surface area contributed by atoms with Gasteiger partial charge in [-0.25, -0.2) is 0 Å². The molecule has 0 saturated heterocycles. The summed E-state index contributed by atoms with van der Waals surface area (Å²) in [4.78, 5) is 33.4. The predicted molar refractivity (Wildman–Crippen MR) is 65.5 cm³/mol. The van der Waals surface area contributed by atoms with Crippen molar-refractivity contribution in [3.05, 3.63) is 33.9 Å². The largest absolute Gasteiger partial charge is 0.368 e. The maximum atomic E-state index is 11.1. The number of hydrogen-bond donors (Lipinski definition) is 1. The fourth-order valence-electron chi connectivity index (χ4n) is 1.46. The molecular weight excluding hydrogens is 238 g/mol. The molecule has 0 radical (unpaired) electrons. The Labute approximate surface area is 103 Å². The van der Waals surface area contributed by atoms with Crippen molar-refractivity contribution in [3.63, 3.8) is 0 Å². The molecule has 7 nitrogen and oxygen atoms in total. The van der Waals surface area contributed by atoms with Crippen LogP contribution >= 0.6 is 0 Å². The number of primary amides is 1. The summed E-state index contributed by atoms with van der Waals surface area (Å²) in [5.74, 6) is -0.591. The van der Waals surface area contributed by atoms with E-state index in [0.29, 0.717) is 6.29 Å². The lowest BCUT2D eigenvalue weighted by Crippen LogP contribution is -2.40. The number of nitrogens with two attached hydrogens (primary N) is 1. The molecule has 0 aliphatic carbocycles. The molecule has 1 rings (SSSR count). The van der Waals surface area contributed by atoms with Gasteiger partial charge in [-0.2, -0.15) is 0 Å².